The quantitative estimate of drug-likeness (QED) is 0.895. The standard InChI is InChI=1S/C12H18BrNO2/c1-7(14)11-6-10(13)4-5-12(11)16-9(3)8(2)15/h4-9,15H,14H2,1-3H3/t7-,8?,9?/m1/s1. The van der Waals surface area contributed by atoms with Gasteiger partial charge in [-0.2, -0.15) is 0 Å². The fraction of sp³-hybridized carbons (Fsp3) is 0.500. The van der Waals surface area contributed by atoms with Crippen LogP contribution in [0.5, 0.6) is 5.75 Å². The molecule has 0 radical (unpaired) electrons. The van der Waals surface area contributed by atoms with Crippen LogP contribution in [0.25, 0.3) is 0 Å². The van der Waals surface area contributed by atoms with Crippen LogP contribution < -0.4 is 10.5 Å². The molecule has 16 heavy (non-hydrogen) atoms. The Kier molecular flexibility index (Phi) is 4.77. The van der Waals surface area contributed by atoms with Crippen LogP contribution in [0.15, 0.2) is 22.7 Å². The molecule has 0 bridgehead atoms. The van der Waals surface area contributed by atoms with Gasteiger partial charge in [-0.25, -0.2) is 0 Å². The highest BCUT2D eigenvalue weighted by Gasteiger charge is 2.14. The Labute approximate surface area is 105 Å². The first kappa shape index (κ1) is 13.5. The molecule has 0 aliphatic rings. The summed E-state index contributed by atoms with van der Waals surface area (Å²) in [7, 11) is 0. The zero-order valence-electron chi connectivity index (χ0n) is 9.77. The third kappa shape index (κ3) is 3.47. The topological polar surface area (TPSA) is 55.5 Å². The molecular formula is C12H18BrNO2. The van der Waals surface area contributed by atoms with Gasteiger partial charge in [-0.1, -0.05) is 15.9 Å². The van der Waals surface area contributed by atoms with Crippen LogP contribution in [0.4, 0.5) is 0 Å². The first-order chi connectivity index (χ1) is 7.41. The van der Waals surface area contributed by atoms with Crippen molar-refractivity contribution in [2.45, 2.75) is 39.0 Å². The van der Waals surface area contributed by atoms with E-state index in [2.05, 4.69) is 15.9 Å². The highest BCUT2D eigenvalue weighted by Crippen LogP contribution is 2.28. The van der Waals surface area contributed by atoms with Crippen LogP contribution in [-0.2, 0) is 0 Å². The molecule has 0 amide bonds. The van der Waals surface area contributed by atoms with Gasteiger partial charge >= 0.3 is 0 Å². The van der Waals surface area contributed by atoms with Crippen molar-refractivity contribution in [1.82, 2.24) is 0 Å². The van der Waals surface area contributed by atoms with Crippen LogP contribution in [0, 0.1) is 0 Å². The molecule has 3 N–H and O–H groups in total. The van der Waals surface area contributed by atoms with E-state index in [4.69, 9.17) is 10.5 Å². The van der Waals surface area contributed by atoms with Crippen LogP contribution in [0.2, 0.25) is 0 Å². The second-order valence-corrected chi connectivity index (χ2v) is 4.95. The van der Waals surface area contributed by atoms with Gasteiger partial charge in [-0.05, 0) is 39.0 Å². The molecule has 1 rings (SSSR count). The summed E-state index contributed by atoms with van der Waals surface area (Å²) in [5.41, 5.74) is 6.80. The lowest BCUT2D eigenvalue weighted by molar-refractivity contribution is 0.0596. The van der Waals surface area contributed by atoms with Gasteiger partial charge in [-0.3, -0.25) is 0 Å². The van der Waals surface area contributed by atoms with E-state index in [1.165, 1.54) is 0 Å². The average molecular weight is 288 g/mol. The molecule has 3 atom stereocenters. The normalized spacial score (nSPS) is 16.6. The Morgan fingerprint density at radius 1 is 1.31 bits per heavy atom. The first-order valence-electron chi connectivity index (χ1n) is 5.31. The summed E-state index contributed by atoms with van der Waals surface area (Å²) in [6.07, 6.45) is -0.761. The average Bonchev–Trinajstić information content (AvgIpc) is 2.20. The predicted molar refractivity (Wildman–Crippen MR) is 68.5 cm³/mol. The number of hydrogen-bond acceptors (Lipinski definition) is 3. The summed E-state index contributed by atoms with van der Waals surface area (Å²) in [4.78, 5) is 0. The molecule has 0 saturated carbocycles. The number of aliphatic hydroxyl groups excluding tert-OH is 1. The highest BCUT2D eigenvalue weighted by molar-refractivity contribution is 9.10. The lowest BCUT2D eigenvalue weighted by Gasteiger charge is -2.21. The van der Waals surface area contributed by atoms with Crippen molar-refractivity contribution in [3.8, 4) is 5.75 Å². The van der Waals surface area contributed by atoms with E-state index >= 15 is 0 Å². The van der Waals surface area contributed by atoms with E-state index in [1.54, 1.807) is 6.92 Å². The molecule has 1 aromatic rings. The number of benzene rings is 1. The van der Waals surface area contributed by atoms with Gasteiger partial charge in [0.15, 0.2) is 0 Å². The summed E-state index contributed by atoms with van der Waals surface area (Å²) >= 11 is 3.40. The predicted octanol–water partition coefficient (Wildman–Crippen LogP) is 2.62. The van der Waals surface area contributed by atoms with Gasteiger partial charge in [0.25, 0.3) is 0 Å². The summed E-state index contributed by atoms with van der Waals surface area (Å²) in [5, 5.41) is 9.40. The second-order valence-electron chi connectivity index (χ2n) is 4.03. The Morgan fingerprint density at radius 2 is 1.94 bits per heavy atom. The van der Waals surface area contributed by atoms with E-state index in [9.17, 15) is 5.11 Å². The molecule has 0 aliphatic carbocycles. The van der Waals surface area contributed by atoms with E-state index in [1.807, 2.05) is 32.0 Å². The zero-order valence-corrected chi connectivity index (χ0v) is 11.4. The van der Waals surface area contributed by atoms with Gasteiger partial charge in [0.05, 0.1) is 6.10 Å². The van der Waals surface area contributed by atoms with Gasteiger partial charge < -0.3 is 15.6 Å². The van der Waals surface area contributed by atoms with Crippen molar-refractivity contribution in [2.75, 3.05) is 0 Å². The molecule has 0 aromatic heterocycles. The van der Waals surface area contributed by atoms with E-state index in [-0.39, 0.29) is 12.1 Å². The Morgan fingerprint density at radius 3 is 2.44 bits per heavy atom. The molecule has 0 spiro atoms. The van der Waals surface area contributed by atoms with E-state index in [0.29, 0.717) is 0 Å². The highest BCUT2D eigenvalue weighted by atomic mass is 79.9. The minimum absolute atomic E-state index is 0.103. The molecule has 90 valence electrons. The number of halogens is 1. The number of hydrogen-bond donors (Lipinski definition) is 2. The molecule has 4 heteroatoms. The maximum Gasteiger partial charge on any atom is 0.124 e. The number of aliphatic hydroxyl groups is 1. The number of nitrogens with two attached hydrogens (primary N) is 1. The maximum absolute atomic E-state index is 9.40. The zero-order chi connectivity index (χ0) is 12.3. The molecule has 0 saturated heterocycles. The molecule has 0 aliphatic heterocycles. The van der Waals surface area contributed by atoms with Gasteiger partial charge in [0.1, 0.15) is 11.9 Å². The van der Waals surface area contributed by atoms with Crippen LogP contribution in [0.1, 0.15) is 32.4 Å². The summed E-state index contributed by atoms with van der Waals surface area (Å²) < 4.78 is 6.64. The van der Waals surface area contributed by atoms with Crippen molar-refractivity contribution in [3.05, 3.63) is 28.2 Å². The van der Waals surface area contributed by atoms with Crippen LogP contribution >= 0.6 is 15.9 Å². The van der Waals surface area contributed by atoms with Crippen LogP contribution in [-0.4, -0.2) is 17.3 Å². The molecule has 2 unspecified atom stereocenters. The monoisotopic (exact) mass is 287 g/mol. The van der Waals surface area contributed by atoms with E-state index < -0.39 is 6.10 Å². The summed E-state index contributed by atoms with van der Waals surface area (Å²) in [6, 6.07) is 5.60. The number of ether oxygens (including phenoxy) is 1. The fourth-order valence-electron chi connectivity index (χ4n) is 1.28. The van der Waals surface area contributed by atoms with Gasteiger partial charge in [-0.15, -0.1) is 0 Å². The van der Waals surface area contributed by atoms with Crippen LogP contribution in [0.3, 0.4) is 0 Å². The molecular weight excluding hydrogens is 270 g/mol. The molecule has 3 nitrogen and oxygen atoms in total. The minimum Gasteiger partial charge on any atom is -0.488 e. The van der Waals surface area contributed by atoms with Crippen molar-refractivity contribution >= 4 is 15.9 Å². The van der Waals surface area contributed by atoms with Gasteiger partial charge in [0.2, 0.25) is 0 Å². The lowest BCUT2D eigenvalue weighted by Crippen LogP contribution is -2.26. The first-order valence-corrected chi connectivity index (χ1v) is 6.11. The smallest absolute Gasteiger partial charge is 0.124 e. The Balaban J connectivity index is 2.95. The Bertz CT molecular complexity index is 353. The minimum atomic E-state index is -0.510. The fourth-order valence-corrected chi connectivity index (χ4v) is 1.66. The van der Waals surface area contributed by atoms with Crippen molar-refractivity contribution < 1.29 is 9.84 Å². The largest absolute Gasteiger partial charge is 0.488 e. The maximum atomic E-state index is 9.40. The van der Waals surface area contributed by atoms with Crippen molar-refractivity contribution in [2.24, 2.45) is 5.73 Å². The van der Waals surface area contributed by atoms with Gasteiger partial charge in [0, 0.05) is 16.1 Å². The lowest BCUT2D eigenvalue weighted by atomic mass is 10.1. The van der Waals surface area contributed by atoms with Crippen molar-refractivity contribution in [1.29, 1.82) is 0 Å². The third-order valence-corrected chi connectivity index (χ3v) is 2.95. The summed E-state index contributed by atoms with van der Waals surface area (Å²) in [5.74, 6) is 0.728. The molecule has 1 aromatic carbocycles. The van der Waals surface area contributed by atoms with E-state index in [0.717, 1.165) is 15.8 Å². The second kappa shape index (κ2) is 5.66. The summed E-state index contributed by atoms with van der Waals surface area (Å²) in [6.45, 7) is 5.44. The Hall–Kier alpha value is -0.580. The molecule has 0 fully saturated rings. The SMILES string of the molecule is CC(O)C(C)Oc1ccc(Br)cc1[C@@H](C)N. The van der Waals surface area contributed by atoms with Crippen molar-refractivity contribution in [3.63, 3.8) is 0 Å². The third-order valence-electron chi connectivity index (χ3n) is 2.45. The molecule has 0 heterocycles. The number of rotatable bonds is 4.